The summed E-state index contributed by atoms with van der Waals surface area (Å²) in [5.74, 6) is 0.689. The first kappa shape index (κ1) is 9.72. The third-order valence-electron chi connectivity index (χ3n) is 2.56. The molecule has 1 N–H and O–H groups in total. The predicted molar refractivity (Wildman–Crippen MR) is 63.4 cm³/mol. The average Bonchev–Trinajstić information content (AvgIpc) is 3.08. The van der Waals surface area contributed by atoms with Gasteiger partial charge in [0, 0.05) is 24.9 Å². The van der Waals surface area contributed by atoms with Crippen molar-refractivity contribution in [2.24, 2.45) is 0 Å². The third-order valence-corrected chi connectivity index (χ3v) is 3.60. The maximum Gasteiger partial charge on any atom is 0.205 e. The van der Waals surface area contributed by atoms with Crippen molar-refractivity contribution in [3.8, 4) is 0 Å². The molecule has 16 heavy (non-hydrogen) atoms. The highest BCUT2D eigenvalue weighted by atomic mass is 32.1. The van der Waals surface area contributed by atoms with Gasteiger partial charge < -0.3 is 5.32 Å². The number of hydrogen-bond donors (Lipinski definition) is 1. The molecule has 0 aliphatic heterocycles. The zero-order chi connectivity index (χ0) is 10.8. The van der Waals surface area contributed by atoms with E-state index in [1.54, 1.807) is 23.7 Å². The highest BCUT2D eigenvalue weighted by Crippen LogP contribution is 2.42. The molecule has 1 saturated carbocycles. The van der Waals surface area contributed by atoms with Gasteiger partial charge in [0.15, 0.2) is 0 Å². The van der Waals surface area contributed by atoms with E-state index in [2.05, 4.69) is 20.5 Å². The van der Waals surface area contributed by atoms with Crippen molar-refractivity contribution in [3.05, 3.63) is 35.1 Å². The van der Waals surface area contributed by atoms with Crippen molar-refractivity contribution in [3.63, 3.8) is 0 Å². The fourth-order valence-corrected chi connectivity index (χ4v) is 2.39. The Morgan fingerprint density at radius 3 is 2.81 bits per heavy atom. The number of nitrogens with zero attached hydrogens (tertiary/aromatic N) is 3. The van der Waals surface area contributed by atoms with Crippen LogP contribution in [0.5, 0.6) is 0 Å². The Hall–Kier alpha value is -1.49. The molecule has 0 radical (unpaired) electrons. The van der Waals surface area contributed by atoms with Gasteiger partial charge in [0.1, 0.15) is 5.01 Å². The standard InChI is InChI=1S/C11H12N4S/c1-2-9(1)10-14-15-11(16-10)13-7-8-3-5-12-6-4-8/h3-6,9H,1-2,7H2,(H,13,15). The maximum atomic E-state index is 4.18. The largest absolute Gasteiger partial charge is 0.356 e. The first-order valence-corrected chi connectivity index (χ1v) is 6.19. The first-order valence-electron chi connectivity index (χ1n) is 5.38. The van der Waals surface area contributed by atoms with Crippen LogP contribution in [0.15, 0.2) is 24.5 Å². The first-order chi connectivity index (χ1) is 7.92. The third kappa shape index (κ3) is 2.19. The van der Waals surface area contributed by atoms with Crippen LogP contribution in [-0.2, 0) is 6.54 Å². The van der Waals surface area contributed by atoms with E-state index in [-0.39, 0.29) is 0 Å². The van der Waals surface area contributed by atoms with E-state index in [0.29, 0.717) is 5.92 Å². The highest BCUT2D eigenvalue weighted by molar-refractivity contribution is 7.15. The summed E-state index contributed by atoms with van der Waals surface area (Å²) >= 11 is 1.67. The summed E-state index contributed by atoms with van der Waals surface area (Å²) in [7, 11) is 0. The van der Waals surface area contributed by atoms with Crippen LogP contribution >= 0.6 is 11.3 Å². The van der Waals surface area contributed by atoms with E-state index in [4.69, 9.17) is 0 Å². The van der Waals surface area contributed by atoms with Crippen molar-refractivity contribution >= 4 is 16.5 Å². The van der Waals surface area contributed by atoms with Crippen LogP contribution in [0.2, 0.25) is 0 Å². The van der Waals surface area contributed by atoms with Crippen molar-refractivity contribution in [2.75, 3.05) is 5.32 Å². The zero-order valence-corrected chi connectivity index (χ0v) is 9.57. The van der Waals surface area contributed by atoms with Crippen LogP contribution in [0.25, 0.3) is 0 Å². The summed E-state index contributed by atoms with van der Waals surface area (Å²) in [5, 5.41) is 13.7. The van der Waals surface area contributed by atoms with Gasteiger partial charge in [-0.05, 0) is 30.5 Å². The van der Waals surface area contributed by atoms with Crippen molar-refractivity contribution in [2.45, 2.75) is 25.3 Å². The van der Waals surface area contributed by atoms with E-state index in [1.807, 2.05) is 12.1 Å². The summed E-state index contributed by atoms with van der Waals surface area (Å²) in [4.78, 5) is 3.98. The second-order valence-electron chi connectivity index (χ2n) is 3.93. The fraction of sp³-hybridized carbons (Fsp3) is 0.364. The summed E-state index contributed by atoms with van der Waals surface area (Å²) < 4.78 is 0. The Labute approximate surface area is 97.8 Å². The average molecular weight is 232 g/mol. The molecular weight excluding hydrogens is 220 g/mol. The van der Waals surface area contributed by atoms with E-state index < -0.39 is 0 Å². The van der Waals surface area contributed by atoms with Crippen molar-refractivity contribution in [1.82, 2.24) is 15.2 Å². The number of rotatable bonds is 4. The van der Waals surface area contributed by atoms with Gasteiger partial charge in [-0.1, -0.05) is 11.3 Å². The zero-order valence-electron chi connectivity index (χ0n) is 8.76. The number of hydrogen-bond acceptors (Lipinski definition) is 5. The molecule has 0 unspecified atom stereocenters. The number of nitrogens with one attached hydrogen (secondary N) is 1. The van der Waals surface area contributed by atoms with Gasteiger partial charge >= 0.3 is 0 Å². The van der Waals surface area contributed by atoms with Crippen LogP contribution in [0.4, 0.5) is 5.13 Å². The molecule has 0 amide bonds. The highest BCUT2D eigenvalue weighted by Gasteiger charge is 2.27. The van der Waals surface area contributed by atoms with E-state index in [1.165, 1.54) is 23.4 Å². The second-order valence-corrected chi connectivity index (χ2v) is 4.94. The minimum absolute atomic E-state index is 0.689. The molecule has 0 aromatic carbocycles. The van der Waals surface area contributed by atoms with Gasteiger partial charge in [0.2, 0.25) is 5.13 Å². The van der Waals surface area contributed by atoms with Gasteiger partial charge in [-0.15, -0.1) is 10.2 Å². The Kier molecular flexibility index (Phi) is 2.53. The quantitative estimate of drug-likeness (QED) is 0.879. The van der Waals surface area contributed by atoms with E-state index in [0.717, 1.165) is 11.7 Å². The molecule has 2 heterocycles. The Morgan fingerprint density at radius 2 is 2.06 bits per heavy atom. The number of aromatic nitrogens is 3. The van der Waals surface area contributed by atoms with Crippen molar-refractivity contribution < 1.29 is 0 Å². The predicted octanol–water partition coefficient (Wildman–Crippen LogP) is 2.42. The summed E-state index contributed by atoms with van der Waals surface area (Å²) in [6, 6.07) is 3.99. The lowest BCUT2D eigenvalue weighted by atomic mass is 10.3. The molecule has 2 aromatic heterocycles. The van der Waals surface area contributed by atoms with E-state index >= 15 is 0 Å². The molecule has 4 nitrogen and oxygen atoms in total. The molecule has 2 aromatic rings. The molecule has 1 aliphatic rings. The van der Waals surface area contributed by atoms with Crippen LogP contribution in [0.3, 0.4) is 0 Å². The fourth-order valence-electron chi connectivity index (χ4n) is 1.48. The molecule has 1 fully saturated rings. The lowest BCUT2D eigenvalue weighted by Gasteiger charge is -2.00. The Balaban J connectivity index is 1.61. The molecule has 0 atom stereocenters. The molecule has 0 spiro atoms. The molecule has 0 bridgehead atoms. The van der Waals surface area contributed by atoms with Gasteiger partial charge in [-0.25, -0.2) is 0 Å². The minimum Gasteiger partial charge on any atom is -0.356 e. The molecule has 5 heteroatoms. The second kappa shape index (κ2) is 4.17. The lowest BCUT2D eigenvalue weighted by molar-refractivity contribution is 0.967. The SMILES string of the molecule is c1cc(CNc2nnc(C3CC3)s2)ccn1. The van der Waals surface area contributed by atoms with Crippen LogP contribution < -0.4 is 5.32 Å². The molecule has 3 rings (SSSR count). The maximum absolute atomic E-state index is 4.18. The lowest BCUT2D eigenvalue weighted by Crippen LogP contribution is -1.98. The minimum atomic E-state index is 0.689. The van der Waals surface area contributed by atoms with Crippen LogP contribution in [-0.4, -0.2) is 15.2 Å². The van der Waals surface area contributed by atoms with Crippen LogP contribution in [0, 0.1) is 0 Å². The Bertz CT molecular complexity index is 464. The van der Waals surface area contributed by atoms with Crippen LogP contribution in [0.1, 0.15) is 29.3 Å². The number of anilines is 1. The van der Waals surface area contributed by atoms with E-state index in [9.17, 15) is 0 Å². The number of pyridine rings is 1. The van der Waals surface area contributed by atoms with Gasteiger partial charge in [0.25, 0.3) is 0 Å². The summed E-state index contributed by atoms with van der Waals surface area (Å²) in [5.41, 5.74) is 1.21. The smallest absolute Gasteiger partial charge is 0.205 e. The molecule has 82 valence electrons. The topological polar surface area (TPSA) is 50.7 Å². The van der Waals surface area contributed by atoms with Gasteiger partial charge in [0.05, 0.1) is 0 Å². The molecular formula is C11H12N4S. The Morgan fingerprint density at radius 1 is 1.25 bits per heavy atom. The molecule has 0 saturated heterocycles. The summed E-state index contributed by atoms with van der Waals surface area (Å²) in [6.45, 7) is 0.780. The van der Waals surface area contributed by atoms with Gasteiger partial charge in [-0.2, -0.15) is 0 Å². The molecule has 1 aliphatic carbocycles. The summed E-state index contributed by atoms with van der Waals surface area (Å²) in [6.07, 6.45) is 6.15. The normalized spacial score (nSPS) is 15.0. The van der Waals surface area contributed by atoms with Crippen molar-refractivity contribution in [1.29, 1.82) is 0 Å². The van der Waals surface area contributed by atoms with Gasteiger partial charge in [-0.3, -0.25) is 4.98 Å². The monoisotopic (exact) mass is 232 g/mol.